The summed E-state index contributed by atoms with van der Waals surface area (Å²) >= 11 is 0. The van der Waals surface area contributed by atoms with Crippen molar-refractivity contribution in [3.8, 4) is 0 Å². The van der Waals surface area contributed by atoms with Crippen molar-refractivity contribution in [2.45, 2.75) is 26.9 Å². The summed E-state index contributed by atoms with van der Waals surface area (Å²) in [5.74, 6) is 0.735. The van der Waals surface area contributed by atoms with Crippen LogP contribution in [0.3, 0.4) is 0 Å². The van der Waals surface area contributed by atoms with E-state index in [-0.39, 0.29) is 12.0 Å². The molecule has 80 valence electrons. The van der Waals surface area contributed by atoms with E-state index in [1.54, 1.807) is 0 Å². The Kier molecular flexibility index (Phi) is 2.66. The molecule has 0 saturated carbocycles. The second-order valence-corrected chi connectivity index (χ2v) is 4.67. The van der Waals surface area contributed by atoms with Gasteiger partial charge < -0.3 is 5.11 Å². The summed E-state index contributed by atoms with van der Waals surface area (Å²) in [6.45, 7) is 6.48. The predicted octanol–water partition coefficient (Wildman–Crippen LogP) is 3.41. The summed E-state index contributed by atoms with van der Waals surface area (Å²) in [5.41, 5.74) is 3.66. The molecule has 0 bridgehead atoms. The van der Waals surface area contributed by atoms with Gasteiger partial charge in [-0.3, -0.25) is 0 Å². The van der Waals surface area contributed by atoms with Crippen LogP contribution >= 0.6 is 0 Å². The fourth-order valence-electron chi connectivity index (χ4n) is 2.27. The van der Waals surface area contributed by atoms with E-state index >= 15 is 0 Å². The van der Waals surface area contributed by atoms with Gasteiger partial charge in [0.05, 0.1) is 6.10 Å². The fraction of sp³-hybridized carbons (Fsp3) is 0.429. The molecule has 0 unspecified atom stereocenters. The van der Waals surface area contributed by atoms with E-state index in [9.17, 15) is 5.11 Å². The highest BCUT2D eigenvalue weighted by atomic mass is 16.3. The molecule has 1 aromatic rings. The third-order valence-electron chi connectivity index (χ3n) is 3.15. The van der Waals surface area contributed by atoms with Crippen molar-refractivity contribution in [3.63, 3.8) is 0 Å². The minimum Gasteiger partial charge on any atom is -0.388 e. The van der Waals surface area contributed by atoms with E-state index < -0.39 is 0 Å². The van der Waals surface area contributed by atoms with Crippen LogP contribution in [0.15, 0.2) is 30.3 Å². The zero-order valence-corrected chi connectivity index (χ0v) is 9.57. The summed E-state index contributed by atoms with van der Waals surface area (Å²) < 4.78 is 0. The Morgan fingerprint density at radius 2 is 1.87 bits per heavy atom. The predicted molar refractivity (Wildman–Crippen MR) is 63.4 cm³/mol. The first-order valence-corrected chi connectivity index (χ1v) is 5.60. The molecule has 1 nitrogen and oxygen atoms in total. The monoisotopic (exact) mass is 202 g/mol. The van der Waals surface area contributed by atoms with E-state index in [4.69, 9.17) is 0 Å². The number of rotatable bonds is 1. The van der Waals surface area contributed by atoms with Crippen molar-refractivity contribution in [2.75, 3.05) is 0 Å². The van der Waals surface area contributed by atoms with Crippen LogP contribution in [0.4, 0.5) is 0 Å². The number of fused-ring (bicyclic) bond motifs is 1. The first-order valence-electron chi connectivity index (χ1n) is 5.60. The first-order chi connectivity index (χ1) is 7.11. The average molecular weight is 202 g/mol. The molecule has 1 aliphatic carbocycles. The van der Waals surface area contributed by atoms with Gasteiger partial charge in [-0.05, 0) is 22.6 Å². The zero-order valence-electron chi connectivity index (χ0n) is 9.57. The van der Waals surface area contributed by atoms with Gasteiger partial charge in [0.25, 0.3) is 0 Å². The minimum absolute atomic E-state index is 0.220. The second kappa shape index (κ2) is 3.82. The molecule has 0 heterocycles. The van der Waals surface area contributed by atoms with E-state index in [1.165, 1.54) is 11.1 Å². The molecule has 0 fully saturated rings. The summed E-state index contributed by atoms with van der Waals surface area (Å²) in [6, 6.07) is 8.18. The van der Waals surface area contributed by atoms with Gasteiger partial charge in [-0.25, -0.2) is 0 Å². The third kappa shape index (κ3) is 1.72. The fourth-order valence-corrected chi connectivity index (χ4v) is 2.27. The summed E-state index contributed by atoms with van der Waals surface area (Å²) in [5, 5.41) is 10.1. The van der Waals surface area contributed by atoms with Crippen molar-refractivity contribution in [1.82, 2.24) is 0 Å². The summed E-state index contributed by atoms with van der Waals surface area (Å²) in [6.07, 6.45) is 1.86. The number of benzene rings is 1. The summed E-state index contributed by atoms with van der Waals surface area (Å²) in [4.78, 5) is 0. The van der Waals surface area contributed by atoms with Crippen molar-refractivity contribution < 1.29 is 5.11 Å². The van der Waals surface area contributed by atoms with Crippen molar-refractivity contribution >= 4 is 5.57 Å². The molecule has 2 rings (SSSR count). The zero-order chi connectivity index (χ0) is 11.0. The Balaban J connectivity index is 2.56. The Morgan fingerprint density at radius 1 is 1.20 bits per heavy atom. The molecular weight excluding hydrogens is 184 g/mol. The normalized spacial score (nSPS) is 25.0. The molecule has 0 saturated heterocycles. The number of hydrogen-bond donors (Lipinski definition) is 1. The van der Waals surface area contributed by atoms with Crippen molar-refractivity contribution in [1.29, 1.82) is 0 Å². The van der Waals surface area contributed by atoms with Gasteiger partial charge in [0.15, 0.2) is 0 Å². The molecule has 0 amide bonds. The molecule has 1 N–H and O–H groups in total. The SMILES string of the molecule is CC(C)C1=C[C@H](C)[C@H](O)c2ccccc21. The van der Waals surface area contributed by atoms with Crippen LogP contribution in [0.5, 0.6) is 0 Å². The highest BCUT2D eigenvalue weighted by Crippen LogP contribution is 2.39. The van der Waals surface area contributed by atoms with Crippen LogP contribution in [0.1, 0.15) is 38.0 Å². The lowest BCUT2D eigenvalue weighted by atomic mass is 9.79. The average Bonchev–Trinajstić information content (AvgIpc) is 2.23. The molecule has 1 aliphatic rings. The Morgan fingerprint density at radius 3 is 2.53 bits per heavy atom. The van der Waals surface area contributed by atoms with Gasteiger partial charge in [-0.2, -0.15) is 0 Å². The quantitative estimate of drug-likeness (QED) is 0.740. The van der Waals surface area contributed by atoms with E-state index in [0.717, 1.165) is 5.56 Å². The van der Waals surface area contributed by atoms with Crippen LogP contribution in [0.25, 0.3) is 5.57 Å². The van der Waals surface area contributed by atoms with E-state index in [0.29, 0.717) is 5.92 Å². The van der Waals surface area contributed by atoms with Gasteiger partial charge in [-0.15, -0.1) is 0 Å². The number of allylic oxidation sites excluding steroid dienone is 1. The van der Waals surface area contributed by atoms with Gasteiger partial charge in [0.2, 0.25) is 0 Å². The largest absolute Gasteiger partial charge is 0.388 e. The van der Waals surface area contributed by atoms with Crippen LogP contribution in [0.2, 0.25) is 0 Å². The molecule has 0 aliphatic heterocycles. The Labute approximate surface area is 91.4 Å². The van der Waals surface area contributed by atoms with Crippen LogP contribution in [-0.2, 0) is 0 Å². The summed E-state index contributed by atoms with van der Waals surface area (Å²) in [7, 11) is 0. The lowest BCUT2D eigenvalue weighted by Gasteiger charge is -2.28. The third-order valence-corrected chi connectivity index (χ3v) is 3.15. The highest BCUT2D eigenvalue weighted by Gasteiger charge is 2.25. The molecular formula is C14H18O. The maximum absolute atomic E-state index is 10.1. The van der Waals surface area contributed by atoms with Gasteiger partial charge >= 0.3 is 0 Å². The molecule has 0 spiro atoms. The molecule has 0 radical (unpaired) electrons. The molecule has 2 atom stereocenters. The Hall–Kier alpha value is -1.08. The molecule has 1 heteroatoms. The van der Waals surface area contributed by atoms with Crippen LogP contribution < -0.4 is 0 Å². The maximum Gasteiger partial charge on any atom is 0.0856 e. The number of aliphatic hydroxyl groups is 1. The minimum atomic E-state index is -0.344. The van der Waals surface area contributed by atoms with Gasteiger partial charge in [-0.1, -0.05) is 51.1 Å². The molecule has 15 heavy (non-hydrogen) atoms. The molecule has 0 aromatic heterocycles. The van der Waals surface area contributed by atoms with Gasteiger partial charge in [0, 0.05) is 5.92 Å². The smallest absolute Gasteiger partial charge is 0.0856 e. The molecule has 1 aromatic carbocycles. The van der Waals surface area contributed by atoms with Gasteiger partial charge in [0.1, 0.15) is 0 Å². The van der Waals surface area contributed by atoms with Crippen molar-refractivity contribution in [3.05, 3.63) is 41.5 Å². The topological polar surface area (TPSA) is 20.2 Å². The maximum atomic E-state index is 10.1. The van der Waals surface area contributed by atoms with Crippen molar-refractivity contribution in [2.24, 2.45) is 11.8 Å². The van der Waals surface area contributed by atoms with Crippen LogP contribution in [0, 0.1) is 11.8 Å². The Bertz CT molecular complexity index is 390. The standard InChI is InChI=1S/C14H18O/c1-9(2)13-8-10(3)14(15)12-7-5-4-6-11(12)13/h4-10,14-15H,1-3H3/t10-,14-/m0/s1. The van der Waals surface area contributed by atoms with Crippen LogP contribution in [-0.4, -0.2) is 5.11 Å². The first kappa shape index (κ1) is 10.4. The van der Waals surface area contributed by atoms with E-state index in [2.05, 4.69) is 32.9 Å². The lowest BCUT2D eigenvalue weighted by Crippen LogP contribution is -2.16. The lowest BCUT2D eigenvalue weighted by molar-refractivity contribution is 0.137. The number of hydrogen-bond acceptors (Lipinski definition) is 1. The highest BCUT2D eigenvalue weighted by molar-refractivity contribution is 5.72. The van der Waals surface area contributed by atoms with E-state index in [1.807, 2.05) is 18.2 Å². The second-order valence-electron chi connectivity index (χ2n) is 4.67. The number of aliphatic hydroxyl groups excluding tert-OH is 1.